The molecule has 1 heterocycles. The van der Waals surface area contributed by atoms with E-state index < -0.39 is 39.9 Å². The lowest BCUT2D eigenvalue weighted by Crippen LogP contribution is -2.12. The summed E-state index contributed by atoms with van der Waals surface area (Å²) in [6.07, 6.45) is -4.47. The molecule has 0 aliphatic carbocycles. The second-order valence-corrected chi connectivity index (χ2v) is 8.93. The van der Waals surface area contributed by atoms with Gasteiger partial charge in [0.1, 0.15) is 17.3 Å². The van der Waals surface area contributed by atoms with E-state index in [0.717, 1.165) is 12.1 Å². The predicted molar refractivity (Wildman–Crippen MR) is 107 cm³/mol. The lowest BCUT2D eigenvalue weighted by atomic mass is 10.1. The Bertz CT molecular complexity index is 1250. The summed E-state index contributed by atoms with van der Waals surface area (Å²) in [6.45, 7) is 1.03. The summed E-state index contributed by atoms with van der Waals surface area (Å²) in [6, 6.07) is 8.34. The van der Waals surface area contributed by atoms with Crippen LogP contribution in [0.15, 0.2) is 47.4 Å². The number of sulfone groups is 1. The zero-order valence-electron chi connectivity index (χ0n) is 16.9. The van der Waals surface area contributed by atoms with Crippen molar-refractivity contribution in [3.8, 4) is 17.1 Å². The van der Waals surface area contributed by atoms with E-state index in [2.05, 4.69) is 10.2 Å². The van der Waals surface area contributed by atoms with Gasteiger partial charge in [0, 0.05) is 12.6 Å². The fourth-order valence-electron chi connectivity index (χ4n) is 2.92. The smallest absolute Gasteiger partial charge is 0.416 e. The van der Waals surface area contributed by atoms with E-state index in [9.17, 15) is 26.4 Å². The zero-order valence-corrected chi connectivity index (χ0v) is 17.7. The van der Waals surface area contributed by atoms with E-state index in [1.807, 2.05) is 0 Å². The Balaban J connectivity index is 1.82. The Kier molecular flexibility index (Phi) is 6.26. The van der Waals surface area contributed by atoms with Crippen molar-refractivity contribution in [2.24, 2.45) is 7.05 Å². The molecular weight excluding hydrogens is 451 g/mol. The van der Waals surface area contributed by atoms with Crippen molar-refractivity contribution in [3.05, 3.63) is 59.4 Å². The zero-order chi connectivity index (χ0) is 23.7. The van der Waals surface area contributed by atoms with Crippen LogP contribution in [0.25, 0.3) is 11.4 Å². The minimum absolute atomic E-state index is 0.0169. The van der Waals surface area contributed by atoms with Crippen molar-refractivity contribution < 1.29 is 36.2 Å². The maximum Gasteiger partial charge on any atom is 0.416 e. The van der Waals surface area contributed by atoms with Gasteiger partial charge < -0.3 is 14.4 Å². The number of carboxylic acid groups (broad SMARTS) is 1. The number of hydrogen-bond donors (Lipinski definition) is 1. The standard InChI is InChI=1S/C20H18F3N3O5S/c1-12-9-15(7-8-16(12)31-10-18(27)28)32(29,30)11-17-24-25-19(26(17)2)13-3-5-14(6-4-13)20(21,22)23/h3-9H,10-11H2,1-2H3,(H,27,28). The minimum Gasteiger partial charge on any atom is -0.482 e. The molecule has 0 spiro atoms. The molecule has 1 N–H and O–H groups in total. The van der Waals surface area contributed by atoms with Gasteiger partial charge in [-0.15, -0.1) is 10.2 Å². The first-order chi connectivity index (χ1) is 14.9. The number of halogens is 3. The summed E-state index contributed by atoms with van der Waals surface area (Å²) in [7, 11) is -2.33. The average Bonchev–Trinajstić information content (AvgIpc) is 3.06. The van der Waals surface area contributed by atoms with Crippen molar-refractivity contribution in [2.75, 3.05) is 6.61 Å². The highest BCUT2D eigenvalue weighted by molar-refractivity contribution is 7.90. The number of ether oxygens (including phenoxy) is 1. The molecular formula is C20H18F3N3O5S. The molecule has 0 saturated carbocycles. The van der Waals surface area contributed by atoms with Crippen LogP contribution in [0.3, 0.4) is 0 Å². The molecule has 0 unspecified atom stereocenters. The summed E-state index contributed by atoms with van der Waals surface area (Å²) < 4.78 is 70.4. The van der Waals surface area contributed by atoms with Gasteiger partial charge in [0.15, 0.2) is 22.3 Å². The van der Waals surface area contributed by atoms with E-state index in [1.54, 1.807) is 6.92 Å². The molecule has 0 saturated heterocycles. The third-order valence-electron chi connectivity index (χ3n) is 4.61. The summed E-state index contributed by atoms with van der Waals surface area (Å²) >= 11 is 0. The largest absolute Gasteiger partial charge is 0.482 e. The van der Waals surface area contributed by atoms with Crippen molar-refractivity contribution in [1.29, 1.82) is 0 Å². The summed E-state index contributed by atoms with van der Waals surface area (Å²) in [4.78, 5) is 10.6. The monoisotopic (exact) mass is 469 g/mol. The third-order valence-corrected chi connectivity index (χ3v) is 6.22. The van der Waals surface area contributed by atoms with E-state index >= 15 is 0 Å². The van der Waals surface area contributed by atoms with Gasteiger partial charge in [-0.05, 0) is 42.8 Å². The van der Waals surface area contributed by atoms with Gasteiger partial charge in [0.2, 0.25) is 0 Å². The number of carboxylic acids is 1. The molecule has 170 valence electrons. The molecule has 12 heteroatoms. The quantitative estimate of drug-likeness (QED) is 0.565. The highest BCUT2D eigenvalue weighted by atomic mass is 32.2. The number of aliphatic carboxylic acids is 1. The summed E-state index contributed by atoms with van der Waals surface area (Å²) in [5.41, 5.74) is -0.0134. The molecule has 0 atom stereocenters. The minimum atomic E-state index is -4.47. The second-order valence-electron chi connectivity index (χ2n) is 6.94. The van der Waals surface area contributed by atoms with E-state index in [0.29, 0.717) is 11.1 Å². The Hall–Kier alpha value is -3.41. The predicted octanol–water partition coefficient (Wildman–Crippen LogP) is 3.25. The highest BCUT2D eigenvalue weighted by Crippen LogP contribution is 2.31. The van der Waals surface area contributed by atoms with Crippen molar-refractivity contribution in [3.63, 3.8) is 0 Å². The van der Waals surface area contributed by atoms with Crippen LogP contribution >= 0.6 is 0 Å². The van der Waals surface area contributed by atoms with Crippen LogP contribution in [-0.2, 0) is 33.6 Å². The topological polar surface area (TPSA) is 111 Å². The molecule has 0 aliphatic heterocycles. The summed E-state index contributed by atoms with van der Waals surface area (Å²) in [5, 5.41) is 16.5. The van der Waals surface area contributed by atoms with Crippen molar-refractivity contribution in [2.45, 2.75) is 23.7 Å². The van der Waals surface area contributed by atoms with Crippen LogP contribution in [0.4, 0.5) is 13.2 Å². The first kappa shape index (κ1) is 23.3. The van der Waals surface area contributed by atoms with Crippen LogP contribution in [0.5, 0.6) is 5.75 Å². The Morgan fingerprint density at radius 3 is 2.34 bits per heavy atom. The Labute approximate surface area is 181 Å². The number of alkyl halides is 3. The van der Waals surface area contributed by atoms with Crippen molar-refractivity contribution in [1.82, 2.24) is 14.8 Å². The van der Waals surface area contributed by atoms with Crippen LogP contribution in [0.2, 0.25) is 0 Å². The molecule has 0 fully saturated rings. The normalized spacial score (nSPS) is 12.0. The van der Waals surface area contributed by atoms with Crippen molar-refractivity contribution >= 4 is 15.8 Å². The molecule has 0 bridgehead atoms. The van der Waals surface area contributed by atoms with E-state index in [4.69, 9.17) is 9.84 Å². The van der Waals surface area contributed by atoms with Crippen LogP contribution in [0.1, 0.15) is 17.0 Å². The number of aromatic nitrogens is 3. The number of nitrogens with zero attached hydrogens (tertiary/aromatic N) is 3. The number of carbonyl (C=O) groups is 1. The maximum atomic E-state index is 12.8. The molecule has 3 aromatic rings. The molecule has 32 heavy (non-hydrogen) atoms. The van der Waals surface area contributed by atoms with Crippen LogP contribution < -0.4 is 4.74 Å². The first-order valence-electron chi connectivity index (χ1n) is 9.12. The van der Waals surface area contributed by atoms with Gasteiger partial charge in [-0.25, -0.2) is 13.2 Å². The third kappa shape index (κ3) is 5.07. The highest BCUT2D eigenvalue weighted by Gasteiger charge is 2.30. The van der Waals surface area contributed by atoms with Gasteiger partial charge in [-0.1, -0.05) is 12.1 Å². The van der Waals surface area contributed by atoms with Gasteiger partial charge in [0.05, 0.1) is 10.5 Å². The number of rotatable bonds is 7. The number of benzene rings is 2. The molecule has 0 radical (unpaired) electrons. The second kappa shape index (κ2) is 8.61. The van der Waals surface area contributed by atoms with Crippen LogP contribution in [-0.4, -0.2) is 40.9 Å². The lowest BCUT2D eigenvalue weighted by Gasteiger charge is -2.10. The molecule has 0 aliphatic rings. The number of aryl methyl sites for hydroxylation is 1. The lowest BCUT2D eigenvalue weighted by molar-refractivity contribution is -0.139. The fraction of sp³-hybridized carbons (Fsp3) is 0.250. The SMILES string of the molecule is Cc1cc(S(=O)(=O)Cc2nnc(-c3ccc(C(F)(F)F)cc3)n2C)ccc1OCC(=O)O. The molecule has 8 nitrogen and oxygen atoms in total. The van der Waals surface area contributed by atoms with Crippen LogP contribution in [0, 0.1) is 6.92 Å². The Morgan fingerprint density at radius 1 is 1.12 bits per heavy atom. The molecule has 2 aromatic carbocycles. The molecule has 0 amide bonds. The van der Waals surface area contributed by atoms with Gasteiger partial charge in [-0.2, -0.15) is 13.2 Å². The van der Waals surface area contributed by atoms with Gasteiger partial charge in [0.25, 0.3) is 0 Å². The summed E-state index contributed by atoms with van der Waals surface area (Å²) in [5.74, 6) is -1.09. The van der Waals surface area contributed by atoms with Gasteiger partial charge >= 0.3 is 12.1 Å². The fourth-order valence-corrected chi connectivity index (χ4v) is 4.31. The molecule has 1 aromatic heterocycles. The van der Waals surface area contributed by atoms with Gasteiger partial charge in [-0.3, -0.25) is 0 Å². The molecule has 3 rings (SSSR count). The van der Waals surface area contributed by atoms with E-state index in [-0.39, 0.29) is 22.3 Å². The number of hydrogen-bond acceptors (Lipinski definition) is 6. The first-order valence-corrected chi connectivity index (χ1v) is 10.8. The average molecular weight is 469 g/mol. The Morgan fingerprint density at radius 2 is 1.78 bits per heavy atom. The maximum absolute atomic E-state index is 12.8. The van der Waals surface area contributed by atoms with E-state index in [1.165, 1.54) is 41.9 Å².